The van der Waals surface area contributed by atoms with Crippen molar-refractivity contribution in [1.82, 2.24) is 19.9 Å². The molecule has 12 heteroatoms. The zero-order valence-electron chi connectivity index (χ0n) is 19.6. The quantitative estimate of drug-likeness (QED) is 0.296. The molecule has 184 valence electrons. The van der Waals surface area contributed by atoms with Gasteiger partial charge in [0.15, 0.2) is 17.3 Å². The van der Waals surface area contributed by atoms with Crippen molar-refractivity contribution >= 4 is 17.7 Å². The van der Waals surface area contributed by atoms with Gasteiger partial charge in [-0.2, -0.15) is 0 Å². The largest absolute Gasteiger partial charge is 0.493 e. The van der Waals surface area contributed by atoms with Gasteiger partial charge < -0.3 is 25.8 Å². The first-order chi connectivity index (χ1) is 16.3. The number of anilines is 1. The van der Waals surface area contributed by atoms with Gasteiger partial charge in [0.05, 0.1) is 33.4 Å². The van der Waals surface area contributed by atoms with E-state index in [4.69, 9.17) is 25.5 Å². The number of benzene rings is 1. The summed E-state index contributed by atoms with van der Waals surface area (Å²) in [5.41, 5.74) is 6.61. The molecule has 1 aromatic heterocycles. The summed E-state index contributed by atoms with van der Waals surface area (Å²) < 4.78 is 12.0. The number of hydroxylamine groups is 2. The van der Waals surface area contributed by atoms with Crippen LogP contribution in [0.3, 0.4) is 0 Å². The Balaban J connectivity index is 1.57. The number of carbonyl (C=O) groups is 1. The van der Waals surface area contributed by atoms with Gasteiger partial charge in [-0.05, 0) is 37.5 Å². The molecule has 2 aromatic rings. The Morgan fingerprint density at radius 2 is 2.09 bits per heavy atom. The van der Waals surface area contributed by atoms with Crippen molar-refractivity contribution < 1.29 is 19.1 Å². The van der Waals surface area contributed by atoms with Gasteiger partial charge in [-0.1, -0.05) is 6.07 Å². The number of hydrogen-bond donors (Lipinski definition) is 4. The van der Waals surface area contributed by atoms with Crippen molar-refractivity contribution in [3.8, 4) is 11.5 Å². The second kappa shape index (κ2) is 11.4. The zero-order valence-corrected chi connectivity index (χ0v) is 19.6. The van der Waals surface area contributed by atoms with Crippen LogP contribution in [-0.2, 0) is 22.6 Å². The lowest BCUT2D eigenvalue weighted by atomic mass is 10.1. The number of nitrogens with two attached hydrogens (primary N) is 1. The molecule has 12 nitrogen and oxygen atoms in total. The third-order valence-corrected chi connectivity index (χ3v) is 5.46. The fourth-order valence-electron chi connectivity index (χ4n) is 3.57. The summed E-state index contributed by atoms with van der Waals surface area (Å²) in [5.74, 6) is 0.986. The van der Waals surface area contributed by atoms with E-state index in [9.17, 15) is 9.59 Å². The highest BCUT2D eigenvalue weighted by molar-refractivity contribution is 5.76. The van der Waals surface area contributed by atoms with Gasteiger partial charge in [-0.25, -0.2) is 10.0 Å². The van der Waals surface area contributed by atoms with E-state index in [0.717, 1.165) is 5.56 Å². The maximum atomic E-state index is 12.9. The van der Waals surface area contributed by atoms with Crippen LogP contribution < -0.4 is 31.4 Å². The zero-order chi connectivity index (χ0) is 24.7. The molecular weight excluding hydrogens is 442 g/mol. The number of aryl methyl sites for hydroxylation is 1. The van der Waals surface area contributed by atoms with Gasteiger partial charge in [0.2, 0.25) is 11.9 Å². The van der Waals surface area contributed by atoms with Crippen LogP contribution in [0.4, 0.5) is 5.82 Å². The Bertz CT molecular complexity index is 1080. The Morgan fingerprint density at radius 1 is 1.32 bits per heavy atom. The van der Waals surface area contributed by atoms with E-state index >= 15 is 0 Å². The van der Waals surface area contributed by atoms with Crippen molar-refractivity contribution in [3.63, 3.8) is 0 Å². The van der Waals surface area contributed by atoms with Crippen molar-refractivity contribution in [2.45, 2.75) is 32.4 Å². The van der Waals surface area contributed by atoms with E-state index < -0.39 is 0 Å². The van der Waals surface area contributed by atoms with Gasteiger partial charge in [0.25, 0.3) is 5.56 Å². The van der Waals surface area contributed by atoms with Gasteiger partial charge in [0.1, 0.15) is 6.54 Å². The molecule has 5 N–H and O–H groups in total. The summed E-state index contributed by atoms with van der Waals surface area (Å²) in [7, 11) is 3.16. The Hall–Kier alpha value is -3.80. The highest BCUT2D eigenvalue weighted by Gasteiger charge is 2.23. The van der Waals surface area contributed by atoms with Crippen LogP contribution in [0.25, 0.3) is 0 Å². The van der Waals surface area contributed by atoms with E-state index in [1.165, 1.54) is 9.63 Å². The molecule has 0 saturated carbocycles. The number of amides is 1. The minimum atomic E-state index is -0.370. The molecule has 1 fully saturated rings. The first-order valence-electron chi connectivity index (χ1n) is 10.9. The summed E-state index contributed by atoms with van der Waals surface area (Å²) in [6, 6.07) is 5.42. The average Bonchev–Trinajstić information content (AvgIpc) is 2.83. The molecule has 3 rings (SSSR count). The summed E-state index contributed by atoms with van der Waals surface area (Å²) in [5, 5.41) is 14.6. The number of methoxy groups -OCH3 is 2. The van der Waals surface area contributed by atoms with Gasteiger partial charge in [0, 0.05) is 18.4 Å². The Kier molecular flexibility index (Phi) is 8.30. The molecular formula is C22H31N7O5. The molecule has 34 heavy (non-hydrogen) atoms. The molecule has 0 radical (unpaired) electrons. The molecule has 0 spiro atoms. The van der Waals surface area contributed by atoms with E-state index in [0.29, 0.717) is 43.1 Å². The summed E-state index contributed by atoms with van der Waals surface area (Å²) in [6.07, 6.45) is 2.77. The van der Waals surface area contributed by atoms with Gasteiger partial charge >= 0.3 is 0 Å². The van der Waals surface area contributed by atoms with Crippen LogP contribution in [0.5, 0.6) is 11.5 Å². The van der Waals surface area contributed by atoms with Crippen LogP contribution in [0, 0.1) is 12.3 Å². The topological polar surface area (TPSA) is 157 Å². The highest BCUT2D eigenvalue weighted by atomic mass is 16.7. The van der Waals surface area contributed by atoms with E-state index in [1.54, 1.807) is 27.3 Å². The van der Waals surface area contributed by atoms with E-state index in [1.807, 2.05) is 18.2 Å². The Labute approximate surface area is 197 Å². The maximum absolute atomic E-state index is 12.9. The minimum Gasteiger partial charge on any atom is -0.493 e. The molecule has 0 bridgehead atoms. The lowest BCUT2D eigenvalue weighted by molar-refractivity contribution is -0.143. The number of hydrogen-bond acceptors (Lipinski definition) is 8. The smallest absolute Gasteiger partial charge is 0.293 e. The van der Waals surface area contributed by atoms with Crippen molar-refractivity contribution in [3.05, 3.63) is 46.0 Å². The van der Waals surface area contributed by atoms with Crippen molar-refractivity contribution in [2.24, 2.45) is 5.73 Å². The van der Waals surface area contributed by atoms with E-state index in [-0.39, 0.29) is 42.4 Å². The number of guanidine groups is 1. The molecule has 2 heterocycles. The molecule has 1 aliphatic rings. The molecule has 0 aliphatic carbocycles. The van der Waals surface area contributed by atoms with Crippen LogP contribution in [-0.4, -0.2) is 66.4 Å². The lowest BCUT2D eigenvalue weighted by Crippen LogP contribution is -2.50. The average molecular weight is 474 g/mol. The molecule has 1 atom stereocenters. The van der Waals surface area contributed by atoms with Crippen LogP contribution in [0.2, 0.25) is 0 Å². The summed E-state index contributed by atoms with van der Waals surface area (Å²) in [4.78, 5) is 35.0. The third-order valence-electron chi connectivity index (χ3n) is 5.46. The summed E-state index contributed by atoms with van der Waals surface area (Å²) >= 11 is 0. The van der Waals surface area contributed by atoms with Gasteiger partial charge in [-0.15, -0.1) is 0 Å². The van der Waals surface area contributed by atoms with Gasteiger partial charge in [-0.3, -0.25) is 24.4 Å². The molecule has 1 aliphatic heterocycles. The van der Waals surface area contributed by atoms with Crippen LogP contribution >= 0.6 is 0 Å². The van der Waals surface area contributed by atoms with E-state index in [2.05, 4.69) is 15.6 Å². The molecule has 1 aromatic carbocycles. The van der Waals surface area contributed by atoms with Crippen molar-refractivity contribution in [2.75, 3.05) is 39.2 Å². The number of nitrogens with zero attached hydrogens (tertiary/aromatic N) is 3. The number of carbonyl (C=O) groups excluding carboxylic acids is 1. The fraction of sp³-hybridized carbons (Fsp3) is 0.455. The fourth-order valence-corrected chi connectivity index (χ4v) is 3.57. The number of ether oxygens (including phenoxy) is 2. The number of nitrogens with one attached hydrogen (secondary N) is 3. The third kappa shape index (κ3) is 6.16. The molecule has 1 amide bonds. The van der Waals surface area contributed by atoms with Crippen LogP contribution in [0.15, 0.2) is 29.2 Å². The number of aromatic nitrogens is 2. The predicted octanol–water partition coefficient (Wildman–Crippen LogP) is 0.239. The minimum absolute atomic E-state index is 0.134. The van der Waals surface area contributed by atoms with Crippen LogP contribution in [0.1, 0.15) is 17.7 Å². The second-order valence-electron chi connectivity index (χ2n) is 7.84. The maximum Gasteiger partial charge on any atom is 0.293 e. The molecule has 1 saturated heterocycles. The second-order valence-corrected chi connectivity index (χ2v) is 7.84. The van der Waals surface area contributed by atoms with Crippen molar-refractivity contribution in [1.29, 1.82) is 5.41 Å². The first-order valence-corrected chi connectivity index (χ1v) is 10.9. The number of rotatable bonds is 9. The monoisotopic (exact) mass is 473 g/mol. The first kappa shape index (κ1) is 24.8. The highest BCUT2D eigenvalue weighted by Crippen LogP contribution is 2.27. The SMILES string of the molecule is COc1ccc(CCNc2ncc(C)n(CC(=O)NC3CCN(C(=N)N)OC3)c2=O)cc1OC. The summed E-state index contributed by atoms with van der Waals surface area (Å²) in [6.45, 7) is 2.67. The predicted molar refractivity (Wildman–Crippen MR) is 126 cm³/mol. The normalized spacial score (nSPS) is 15.5. The molecule has 1 unspecified atom stereocenters. The Morgan fingerprint density at radius 3 is 2.74 bits per heavy atom. The lowest BCUT2D eigenvalue weighted by Gasteiger charge is -2.31. The standard InChI is InChI=1S/C22H31N7O5/c1-14-11-26-20(25-8-6-15-4-5-17(32-2)18(10-15)33-3)21(31)28(14)12-19(30)27-16-7-9-29(22(23)24)34-13-16/h4-5,10-11,16H,6-9,12-13H2,1-3H3,(H3,23,24)(H,25,26)(H,27,30).